The minimum Gasteiger partial charge on any atom is -0.461 e. The van der Waals surface area contributed by atoms with Crippen LogP contribution in [0.1, 0.15) is 27.7 Å². The first-order chi connectivity index (χ1) is 9.65. The van der Waals surface area contributed by atoms with E-state index in [1.807, 2.05) is 0 Å². The minimum absolute atomic E-state index is 0.192. The monoisotopic (exact) mass is 388 g/mol. The highest BCUT2D eigenvalue weighted by Crippen LogP contribution is 2.26. The maximum atomic E-state index is 11.4. The van der Waals surface area contributed by atoms with Gasteiger partial charge in [-0.05, 0) is 0 Å². The zero-order chi connectivity index (χ0) is 18.1. The maximum absolute atomic E-state index is 11.4. The number of hydrogen-bond acceptors (Lipinski definition) is 4. The van der Waals surface area contributed by atoms with Gasteiger partial charge in [0.25, 0.3) is 0 Å². The summed E-state index contributed by atoms with van der Waals surface area (Å²) < 4.78 is 41.2. The first-order valence-electron chi connectivity index (χ1n) is 6.12. The Labute approximate surface area is 142 Å². The Morgan fingerprint density at radius 3 is 1.41 bits per heavy atom. The summed E-state index contributed by atoms with van der Waals surface area (Å²) in [6, 6.07) is 0. The summed E-state index contributed by atoms with van der Waals surface area (Å²) in [4.78, 5) is 21.3. The van der Waals surface area contributed by atoms with Crippen LogP contribution in [0.5, 0.6) is 0 Å². The Kier molecular flexibility index (Phi) is 11.3. The van der Waals surface area contributed by atoms with Crippen molar-refractivity contribution in [1.82, 2.24) is 0 Å². The van der Waals surface area contributed by atoms with E-state index in [-0.39, 0.29) is 18.5 Å². The molecule has 22 heavy (non-hydrogen) atoms. The van der Waals surface area contributed by atoms with Crippen LogP contribution < -0.4 is 0 Å². The largest absolute Gasteiger partial charge is 0.461 e. The Morgan fingerprint density at radius 1 is 0.864 bits per heavy atom. The van der Waals surface area contributed by atoms with Gasteiger partial charge in [0, 0.05) is 0 Å². The second-order valence-electron chi connectivity index (χ2n) is 4.76. The van der Waals surface area contributed by atoms with Gasteiger partial charge < -0.3 is 9.47 Å². The van der Waals surface area contributed by atoms with Crippen molar-refractivity contribution in [2.75, 3.05) is 13.2 Å². The van der Waals surface area contributed by atoms with Crippen LogP contribution in [0.3, 0.4) is 0 Å². The number of rotatable bonds is 4. The molecular formula is C12H18Cl3F3O4. The molecule has 4 nitrogen and oxygen atoms in total. The molecule has 0 aliphatic carbocycles. The first-order valence-corrected chi connectivity index (χ1v) is 7.26. The van der Waals surface area contributed by atoms with Gasteiger partial charge in [-0.15, -0.1) is 0 Å². The van der Waals surface area contributed by atoms with E-state index in [0.717, 1.165) is 0 Å². The maximum Gasteiger partial charge on any atom is 0.422 e. The van der Waals surface area contributed by atoms with E-state index >= 15 is 0 Å². The molecular weight excluding hydrogens is 371 g/mol. The fraction of sp³-hybridized carbons (Fsp3) is 0.833. The molecule has 0 aliphatic heterocycles. The van der Waals surface area contributed by atoms with E-state index in [1.165, 1.54) is 13.8 Å². The summed E-state index contributed by atoms with van der Waals surface area (Å²) in [7, 11) is 0. The molecule has 0 saturated heterocycles. The molecule has 0 aromatic carbocycles. The van der Waals surface area contributed by atoms with Crippen LogP contribution in [-0.2, 0) is 19.1 Å². The Bertz CT molecular complexity index is 319. The SMILES string of the molecule is CC(C)C(=O)OCC(Cl)(Cl)Cl.CC(C)C(=O)OCC(F)(F)F. The lowest BCUT2D eigenvalue weighted by atomic mass is 10.2. The van der Waals surface area contributed by atoms with Crippen LogP contribution in [0.4, 0.5) is 13.2 Å². The van der Waals surface area contributed by atoms with Gasteiger partial charge in [0.1, 0.15) is 6.61 Å². The van der Waals surface area contributed by atoms with Crippen molar-refractivity contribution in [3.63, 3.8) is 0 Å². The van der Waals surface area contributed by atoms with Crippen molar-refractivity contribution >= 4 is 46.7 Å². The molecule has 0 heterocycles. The average molecular weight is 390 g/mol. The van der Waals surface area contributed by atoms with E-state index in [9.17, 15) is 22.8 Å². The van der Waals surface area contributed by atoms with Gasteiger partial charge in [0.15, 0.2) is 6.61 Å². The first kappa shape index (κ1) is 23.9. The fourth-order valence-corrected chi connectivity index (χ4v) is 0.803. The number of carbonyl (C=O) groups excluding carboxylic acids is 2. The van der Waals surface area contributed by atoms with Crippen molar-refractivity contribution in [2.45, 2.75) is 37.7 Å². The Balaban J connectivity index is 0. The quantitative estimate of drug-likeness (QED) is 0.531. The summed E-state index contributed by atoms with van der Waals surface area (Å²) in [6.07, 6.45) is -4.43. The summed E-state index contributed by atoms with van der Waals surface area (Å²) in [6.45, 7) is 4.66. The summed E-state index contributed by atoms with van der Waals surface area (Å²) in [5.74, 6) is -1.90. The van der Waals surface area contributed by atoms with Crippen LogP contribution in [-0.4, -0.2) is 35.1 Å². The highest BCUT2D eigenvalue weighted by molar-refractivity contribution is 6.67. The lowest BCUT2D eigenvalue weighted by Crippen LogP contribution is -2.22. The lowest BCUT2D eigenvalue weighted by Gasteiger charge is -2.12. The molecule has 0 aliphatic rings. The molecule has 0 aromatic heterocycles. The molecule has 0 saturated carbocycles. The number of carbonyl (C=O) groups is 2. The molecule has 0 fully saturated rings. The summed E-state index contributed by atoms with van der Waals surface area (Å²) >= 11 is 16.0. The second kappa shape index (κ2) is 10.4. The third kappa shape index (κ3) is 17.7. The topological polar surface area (TPSA) is 52.6 Å². The van der Waals surface area contributed by atoms with Gasteiger partial charge >= 0.3 is 18.1 Å². The van der Waals surface area contributed by atoms with E-state index in [4.69, 9.17) is 34.8 Å². The molecule has 0 aromatic rings. The average Bonchev–Trinajstić information content (AvgIpc) is 2.31. The van der Waals surface area contributed by atoms with E-state index in [1.54, 1.807) is 13.8 Å². The summed E-state index contributed by atoms with van der Waals surface area (Å²) in [5.41, 5.74) is 0. The van der Waals surface area contributed by atoms with Gasteiger partial charge in [-0.1, -0.05) is 62.5 Å². The van der Waals surface area contributed by atoms with Crippen molar-refractivity contribution in [3.05, 3.63) is 0 Å². The second-order valence-corrected chi connectivity index (χ2v) is 7.27. The zero-order valence-corrected chi connectivity index (χ0v) is 14.7. The van der Waals surface area contributed by atoms with Gasteiger partial charge in [-0.25, -0.2) is 0 Å². The van der Waals surface area contributed by atoms with Crippen LogP contribution in [0.2, 0.25) is 0 Å². The molecule has 10 heteroatoms. The van der Waals surface area contributed by atoms with Crippen molar-refractivity contribution in [2.24, 2.45) is 11.8 Å². The van der Waals surface area contributed by atoms with E-state index in [0.29, 0.717) is 0 Å². The van der Waals surface area contributed by atoms with Crippen molar-refractivity contribution < 1.29 is 32.2 Å². The Hall–Kier alpha value is -0.400. The van der Waals surface area contributed by atoms with Gasteiger partial charge in [0.2, 0.25) is 3.79 Å². The molecule has 0 atom stereocenters. The van der Waals surface area contributed by atoms with Crippen molar-refractivity contribution in [1.29, 1.82) is 0 Å². The highest BCUT2D eigenvalue weighted by atomic mass is 35.6. The predicted molar refractivity (Wildman–Crippen MR) is 77.9 cm³/mol. The normalized spacial score (nSPS) is 11.8. The van der Waals surface area contributed by atoms with E-state index in [2.05, 4.69) is 9.47 Å². The smallest absolute Gasteiger partial charge is 0.422 e. The van der Waals surface area contributed by atoms with Crippen molar-refractivity contribution in [3.8, 4) is 0 Å². The van der Waals surface area contributed by atoms with Gasteiger partial charge in [-0.3, -0.25) is 9.59 Å². The van der Waals surface area contributed by atoms with Gasteiger partial charge in [-0.2, -0.15) is 13.2 Å². The number of alkyl halides is 6. The predicted octanol–water partition coefficient (Wildman–Crippen LogP) is 4.30. The number of halogens is 6. The van der Waals surface area contributed by atoms with Crippen LogP contribution in [0, 0.1) is 11.8 Å². The highest BCUT2D eigenvalue weighted by Gasteiger charge is 2.29. The molecule has 0 rings (SSSR count). The zero-order valence-electron chi connectivity index (χ0n) is 12.5. The number of esters is 2. The lowest BCUT2D eigenvalue weighted by molar-refractivity contribution is -0.188. The van der Waals surface area contributed by atoms with Crippen LogP contribution in [0.25, 0.3) is 0 Å². The molecule has 0 bridgehead atoms. The number of ether oxygens (including phenoxy) is 2. The molecule has 0 N–H and O–H groups in total. The Morgan fingerprint density at radius 2 is 1.18 bits per heavy atom. The van der Waals surface area contributed by atoms with Gasteiger partial charge in [0.05, 0.1) is 11.8 Å². The van der Waals surface area contributed by atoms with E-state index < -0.39 is 28.5 Å². The molecule has 0 spiro atoms. The number of hydrogen-bond donors (Lipinski definition) is 0. The molecule has 0 unspecified atom stereocenters. The summed E-state index contributed by atoms with van der Waals surface area (Å²) in [5, 5.41) is 0. The molecule has 132 valence electrons. The molecule has 0 radical (unpaired) electrons. The van der Waals surface area contributed by atoms with Crippen LogP contribution >= 0.6 is 34.8 Å². The standard InChI is InChI=1S/C6H9Cl3O2.C6H9F3O2/c2*1-4(2)5(10)11-3-6(7,8)9/h2*4H,3H2,1-2H3. The third-order valence-corrected chi connectivity index (χ3v) is 2.03. The third-order valence-electron chi connectivity index (χ3n) is 1.70. The minimum atomic E-state index is -4.43. The fourth-order valence-electron chi connectivity index (χ4n) is 0.639. The molecule has 0 amide bonds. The van der Waals surface area contributed by atoms with Crippen LogP contribution in [0.15, 0.2) is 0 Å².